The first kappa shape index (κ1) is 25.3. The molecule has 0 radical (unpaired) electrons. The van der Waals surface area contributed by atoms with E-state index in [-0.39, 0.29) is 17.7 Å². The maximum absolute atomic E-state index is 13.2. The van der Waals surface area contributed by atoms with E-state index >= 15 is 0 Å². The fourth-order valence-electron chi connectivity index (χ4n) is 5.42. The molecule has 1 fully saturated rings. The lowest BCUT2D eigenvalue weighted by molar-refractivity contribution is 0.0893. The summed E-state index contributed by atoms with van der Waals surface area (Å²) in [5.41, 5.74) is 5.20. The summed E-state index contributed by atoms with van der Waals surface area (Å²) in [5.74, 6) is 0.829. The van der Waals surface area contributed by atoms with E-state index < -0.39 is 0 Å². The van der Waals surface area contributed by atoms with Gasteiger partial charge in [0.2, 0.25) is 0 Å². The second-order valence-electron chi connectivity index (χ2n) is 10.2. The highest BCUT2D eigenvalue weighted by Gasteiger charge is 2.27. The summed E-state index contributed by atoms with van der Waals surface area (Å²) >= 11 is 0. The molecule has 194 valence electrons. The normalized spacial score (nSPS) is 16.6. The quantitative estimate of drug-likeness (QED) is 0.345. The monoisotopic (exact) mass is 500 g/mol. The van der Waals surface area contributed by atoms with Gasteiger partial charge in [0.25, 0.3) is 5.56 Å². The zero-order chi connectivity index (χ0) is 25.8. The van der Waals surface area contributed by atoms with Crippen molar-refractivity contribution in [2.45, 2.75) is 71.7 Å². The molecule has 0 bridgehead atoms. The molecule has 8 heteroatoms. The highest BCUT2D eigenvalue weighted by molar-refractivity contribution is 5.81. The molecule has 0 spiro atoms. The van der Waals surface area contributed by atoms with E-state index in [4.69, 9.17) is 4.74 Å². The van der Waals surface area contributed by atoms with Crippen LogP contribution >= 0.6 is 0 Å². The predicted molar refractivity (Wildman–Crippen MR) is 144 cm³/mol. The number of fused-ring (bicyclic) bond motifs is 1. The summed E-state index contributed by atoms with van der Waals surface area (Å²) in [5, 5.41) is 13.9. The maximum atomic E-state index is 13.2. The number of nitrogens with one attached hydrogen (secondary N) is 1. The Labute approximate surface area is 217 Å². The van der Waals surface area contributed by atoms with Crippen molar-refractivity contribution in [1.82, 2.24) is 30.1 Å². The molecular weight excluding hydrogens is 464 g/mol. The number of tetrazole rings is 1. The van der Waals surface area contributed by atoms with Crippen molar-refractivity contribution in [3.63, 3.8) is 0 Å². The fraction of sp³-hybridized carbons (Fsp3) is 0.448. The number of rotatable bonds is 10. The standard InChI is InChI=1S/C29H36N6O2/c1-4-26(28-31-32-33-35(28)19-25-12-7-15-37-25)34(14-13-22-10-5-8-20(2)16-22)18-24-17-23-11-6-9-21(3)27(23)30-29(24)36/h5-6,8-11,16-17,25-26H,4,7,12-15,18-19H2,1-3H3,(H,30,36)/t25-,26-/m0/s1. The molecule has 2 aromatic heterocycles. The molecule has 0 aliphatic carbocycles. The zero-order valence-electron chi connectivity index (χ0n) is 22.0. The minimum atomic E-state index is -0.0452. The van der Waals surface area contributed by atoms with Crippen LogP contribution in [-0.2, 0) is 24.2 Å². The van der Waals surface area contributed by atoms with Gasteiger partial charge in [-0.25, -0.2) is 4.68 Å². The van der Waals surface area contributed by atoms with Crippen LogP contribution in [0.25, 0.3) is 10.9 Å². The summed E-state index contributed by atoms with van der Waals surface area (Å²) in [4.78, 5) is 18.7. The lowest BCUT2D eigenvalue weighted by Crippen LogP contribution is -2.34. The van der Waals surface area contributed by atoms with E-state index in [1.54, 1.807) is 0 Å². The van der Waals surface area contributed by atoms with Gasteiger partial charge in [-0.1, -0.05) is 55.0 Å². The Kier molecular flexibility index (Phi) is 7.76. The van der Waals surface area contributed by atoms with E-state index in [0.717, 1.165) is 66.7 Å². The second kappa shape index (κ2) is 11.4. The molecule has 2 aromatic carbocycles. The number of H-pyrrole nitrogens is 1. The van der Waals surface area contributed by atoms with Gasteiger partial charge in [0.15, 0.2) is 5.82 Å². The Morgan fingerprint density at radius 2 is 2.05 bits per heavy atom. The Hall–Kier alpha value is -3.36. The smallest absolute Gasteiger partial charge is 0.252 e. The average molecular weight is 501 g/mol. The SMILES string of the molecule is CC[C@@H](c1nnnn1C[C@@H]1CCCO1)N(CCc1cccc(C)c1)Cc1cc2cccc(C)c2[nH]c1=O. The molecule has 37 heavy (non-hydrogen) atoms. The van der Waals surface area contributed by atoms with Crippen molar-refractivity contribution in [2.75, 3.05) is 13.2 Å². The van der Waals surface area contributed by atoms with E-state index in [9.17, 15) is 4.79 Å². The topological polar surface area (TPSA) is 88.9 Å². The minimum Gasteiger partial charge on any atom is -0.376 e. The van der Waals surface area contributed by atoms with Gasteiger partial charge in [-0.3, -0.25) is 9.69 Å². The van der Waals surface area contributed by atoms with E-state index in [0.29, 0.717) is 13.1 Å². The second-order valence-corrected chi connectivity index (χ2v) is 10.2. The van der Waals surface area contributed by atoms with Gasteiger partial charge in [0, 0.05) is 25.3 Å². The van der Waals surface area contributed by atoms with E-state index in [2.05, 4.69) is 69.6 Å². The molecule has 2 atom stereocenters. The molecule has 4 aromatic rings. The van der Waals surface area contributed by atoms with E-state index in [1.807, 2.05) is 29.8 Å². The van der Waals surface area contributed by atoms with Gasteiger partial charge in [-0.15, -0.1) is 5.10 Å². The third-order valence-electron chi connectivity index (χ3n) is 7.39. The molecule has 5 rings (SSSR count). The van der Waals surface area contributed by atoms with Crippen molar-refractivity contribution in [3.8, 4) is 0 Å². The van der Waals surface area contributed by atoms with Crippen molar-refractivity contribution in [2.24, 2.45) is 0 Å². The predicted octanol–water partition coefficient (Wildman–Crippen LogP) is 4.51. The maximum Gasteiger partial charge on any atom is 0.252 e. The number of nitrogens with zero attached hydrogens (tertiary/aromatic N) is 5. The first-order valence-electron chi connectivity index (χ1n) is 13.3. The minimum absolute atomic E-state index is 0.0335. The summed E-state index contributed by atoms with van der Waals surface area (Å²) in [6.07, 6.45) is 3.94. The lowest BCUT2D eigenvalue weighted by atomic mass is 10.0. The van der Waals surface area contributed by atoms with Crippen LogP contribution in [0.3, 0.4) is 0 Å². The molecule has 1 N–H and O–H groups in total. The molecule has 0 saturated carbocycles. The van der Waals surface area contributed by atoms with Gasteiger partial charge in [0.05, 0.1) is 24.2 Å². The largest absolute Gasteiger partial charge is 0.376 e. The summed E-state index contributed by atoms with van der Waals surface area (Å²) in [7, 11) is 0. The first-order chi connectivity index (χ1) is 18.0. The highest BCUT2D eigenvalue weighted by atomic mass is 16.5. The molecule has 0 unspecified atom stereocenters. The number of aromatic amines is 1. The number of pyridine rings is 1. The van der Waals surface area contributed by atoms with Crippen molar-refractivity contribution < 1.29 is 4.74 Å². The summed E-state index contributed by atoms with van der Waals surface area (Å²) < 4.78 is 7.76. The van der Waals surface area contributed by atoms with Gasteiger partial charge < -0.3 is 9.72 Å². The Balaban J connectivity index is 1.47. The van der Waals surface area contributed by atoms with Crippen LogP contribution < -0.4 is 5.56 Å². The number of hydrogen-bond donors (Lipinski definition) is 1. The average Bonchev–Trinajstić information content (AvgIpc) is 3.57. The Morgan fingerprint density at radius 3 is 2.84 bits per heavy atom. The van der Waals surface area contributed by atoms with Crippen LogP contribution in [0.15, 0.2) is 53.3 Å². The Morgan fingerprint density at radius 1 is 1.19 bits per heavy atom. The van der Waals surface area contributed by atoms with Crippen LogP contribution in [0.5, 0.6) is 0 Å². The van der Waals surface area contributed by atoms with Crippen LogP contribution in [0.2, 0.25) is 0 Å². The number of hydrogen-bond acceptors (Lipinski definition) is 6. The number of aromatic nitrogens is 5. The summed E-state index contributed by atoms with van der Waals surface area (Å²) in [6, 6.07) is 16.7. The fourth-order valence-corrected chi connectivity index (χ4v) is 5.42. The third kappa shape index (κ3) is 5.81. The van der Waals surface area contributed by atoms with Crippen LogP contribution in [0, 0.1) is 13.8 Å². The number of aryl methyl sites for hydroxylation is 2. The molecule has 1 aliphatic rings. The number of benzene rings is 2. The molecule has 0 amide bonds. The van der Waals surface area contributed by atoms with Gasteiger partial charge in [0.1, 0.15) is 0 Å². The number of ether oxygens (including phenoxy) is 1. The van der Waals surface area contributed by atoms with E-state index in [1.165, 1.54) is 11.1 Å². The van der Waals surface area contributed by atoms with Crippen LogP contribution in [-0.4, -0.2) is 49.3 Å². The Bertz CT molecular complexity index is 1410. The molecular formula is C29H36N6O2. The van der Waals surface area contributed by atoms with Gasteiger partial charge >= 0.3 is 0 Å². The molecule has 1 saturated heterocycles. The third-order valence-corrected chi connectivity index (χ3v) is 7.39. The van der Waals surface area contributed by atoms with Gasteiger partial charge in [-0.05, 0) is 72.5 Å². The van der Waals surface area contributed by atoms with Crippen molar-refractivity contribution in [1.29, 1.82) is 0 Å². The molecule has 3 heterocycles. The van der Waals surface area contributed by atoms with Crippen LogP contribution in [0.1, 0.15) is 60.3 Å². The van der Waals surface area contributed by atoms with Crippen LogP contribution in [0.4, 0.5) is 0 Å². The molecule has 1 aliphatic heterocycles. The zero-order valence-corrected chi connectivity index (χ0v) is 22.0. The van der Waals surface area contributed by atoms with Crippen molar-refractivity contribution in [3.05, 3.63) is 87.0 Å². The number of para-hydroxylation sites is 1. The van der Waals surface area contributed by atoms with Crippen molar-refractivity contribution >= 4 is 10.9 Å². The first-order valence-corrected chi connectivity index (χ1v) is 13.3. The van der Waals surface area contributed by atoms with Gasteiger partial charge in [-0.2, -0.15) is 0 Å². The lowest BCUT2D eigenvalue weighted by Gasteiger charge is -2.30. The molecule has 8 nitrogen and oxygen atoms in total. The highest BCUT2D eigenvalue weighted by Crippen LogP contribution is 2.26. The summed E-state index contributed by atoms with van der Waals surface area (Å²) in [6.45, 7) is 9.03.